The van der Waals surface area contributed by atoms with Crippen molar-refractivity contribution in [3.8, 4) is 17.3 Å². The van der Waals surface area contributed by atoms with Gasteiger partial charge in [-0.25, -0.2) is 9.36 Å². The van der Waals surface area contributed by atoms with Crippen LogP contribution < -0.4 is 16.0 Å². The number of hydrogen-bond acceptors (Lipinski definition) is 6. The lowest BCUT2D eigenvalue weighted by Gasteiger charge is -2.10. The first-order chi connectivity index (χ1) is 10.6. The Bertz CT molecular complexity index is 790. The van der Waals surface area contributed by atoms with Crippen molar-refractivity contribution in [2.75, 3.05) is 20.3 Å². The molecule has 0 aliphatic rings. The van der Waals surface area contributed by atoms with E-state index in [1.807, 2.05) is 0 Å². The van der Waals surface area contributed by atoms with Gasteiger partial charge in [0.15, 0.2) is 0 Å². The average molecular weight is 305 g/mol. The largest absolute Gasteiger partial charge is 0.497 e. The number of aliphatic hydroxyl groups excluding tert-OH is 1. The van der Waals surface area contributed by atoms with E-state index >= 15 is 0 Å². The van der Waals surface area contributed by atoms with Gasteiger partial charge in [-0.15, -0.1) is 0 Å². The number of nitrogens with one attached hydrogen (secondary N) is 1. The lowest BCUT2D eigenvalue weighted by atomic mass is 10.2. The number of benzene rings is 1. The van der Waals surface area contributed by atoms with E-state index in [0.29, 0.717) is 11.4 Å². The molecule has 3 N–H and O–H groups in total. The van der Waals surface area contributed by atoms with Crippen molar-refractivity contribution in [2.24, 2.45) is 4.99 Å². The van der Waals surface area contributed by atoms with Gasteiger partial charge in [0.2, 0.25) is 5.88 Å². The molecule has 1 heterocycles. The van der Waals surface area contributed by atoms with Gasteiger partial charge >= 0.3 is 5.69 Å². The number of methoxy groups -OCH3 is 1. The summed E-state index contributed by atoms with van der Waals surface area (Å²) in [7, 11) is 1.51. The number of aliphatic imine (C=N–C) groups is 1. The van der Waals surface area contributed by atoms with E-state index in [-0.39, 0.29) is 18.7 Å². The summed E-state index contributed by atoms with van der Waals surface area (Å²) < 4.78 is 5.97. The molecule has 0 radical (unpaired) electrons. The summed E-state index contributed by atoms with van der Waals surface area (Å²) in [5, 5.41) is 18.9. The van der Waals surface area contributed by atoms with Crippen LogP contribution in [0.2, 0.25) is 0 Å². The quantitative estimate of drug-likeness (QED) is 0.653. The highest BCUT2D eigenvalue weighted by molar-refractivity contribution is 5.82. The fourth-order valence-electron chi connectivity index (χ4n) is 1.84. The topological polar surface area (TPSA) is 117 Å². The van der Waals surface area contributed by atoms with Gasteiger partial charge in [0.25, 0.3) is 5.56 Å². The fraction of sp³-hybridized carbons (Fsp3) is 0.214. The van der Waals surface area contributed by atoms with Gasteiger partial charge in [0.05, 0.1) is 25.9 Å². The van der Waals surface area contributed by atoms with Crippen molar-refractivity contribution in [3.63, 3.8) is 0 Å². The van der Waals surface area contributed by atoms with E-state index in [0.717, 1.165) is 10.8 Å². The highest BCUT2D eigenvalue weighted by Crippen LogP contribution is 2.18. The lowest BCUT2D eigenvalue weighted by molar-refractivity contribution is 0.307. The molecule has 0 aliphatic heterocycles. The molecule has 116 valence electrons. The Balaban J connectivity index is 2.57. The lowest BCUT2D eigenvalue weighted by Crippen LogP contribution is -2.31. The molecule has 8 heteroatoms. The Hall–Kier alpha value is -2.87. The van der Waals surface area contributed by atoms with Crippen LogP contribution in [0.1, 0.15) is 5.56 Å². The van der Waals surface area contributed by atoms with Crippen molar-refractivity contribution >= 4 is 6.21 Å². The van der Waals surface area contributed by atoms with Crippen LogP contribution in [0.4, 0.5) is 0 Å². The summed E-state index contributed by atoms with van der Waals surface area (Å²) in [5.41, 5.74) is -1.33. The first-order valence-electron chi connectivity index (χ1n) is 6.42. The maximum absolute atomic E-state index is 11.9. The maximum atomic E-state index is 11.9. The molecule has 22 heavy (non-hydrogen) atoms. The normalized spacial score (nSPS) is 11.0. The molecule has 0 atom stereocenters. The number of aliphatic hydroxyl groups is 1. The molecule has 8 nitrogen and oxygen atoms in total. The fourth-order valence-corrected chi connectivity index (χ4v) is 1.84. The summed E-state index contributed by atoms with van der Waals surface area (Å²) >= 11 is 0. The van der Waals surface area contributed by atoms with Crippen LogP contribution in [0.5, 0.6) is 11.6 Å². The molecule has 2 rings (SSSR count). The van der Waals surface area contributed by atoms with Crippen LogP contribution in [0, 0.1) is 0 Å². The summed E-state index contributed by atoms with van der Waals surface area (Å²) in [5.74, 6) is 0.0612. The Kier molecular flexibility index (Phi) is 4.74. The molecule has 0 amide bonds. The first-order valence-corrected chi connectivity index (χ1v) is 6.42. The monoisotopic (exact) mass is 305 g/mol. The number of nitrogens with zero attached hydrogens (tertiary/aromatic N) is 2. The highest BCUT2D eigenvalue weighted by atomic mass is 16.5. The molecular weight excluding hydrogens is 290 g/mol. The van der Waals surface area contributed by atoms with Crippen molar-refractivity contribution in [1.82, 2.24) is 9.55 Å². The van der Waals surface area contributed by atoms with Gasteiger partial charge in [0.1, 0.15) is 11.3 Å². The molecule has 0 saturated heterocycles. The Morgan fingerprint density at radius 3 is 2.59 bits per heavy atom. The number of aromatic amines is 1. The van der Waals surface area contributed by atoms with Gasteiger partial charge in [-0.05, 0) is 24.3 Å². The number of aromatic hydroxyl groups is 1. The third-order valence-corrected chi connectivity index (χ3v) is 2.90. The number of rotatable bonds is 5. The zero-order chi connectivity index (χ0) is 16.1. The van der Waals surface area contributed by atoms with E-state index in [1.165, 1.54) is 7.11 Å². The van der Waals surface area contributed by atoms with Gasteiger partial charge in [-0.1, -0.05) is 0 Å². The van der Waals surface area contributed by atoms with Crippen molar-refractivity contribution in [1.29, 1.82) is 0 Å². The average Bonchev–Trinajstić information content (AvgIpc) is 2.51. The smallest absolute Gasteiger partial charge is 0.335 e. The SMILES string of the molecule is COc1ccc(-n2c(O)c(C=NCCO)c(=O)[nH]c2=O)cc1. The molecule has 0 spiro atoms. The van der Waals surface area contributed by atoms with Gasteiger partial charge in [-0.2, -0.15) is 0 Å². The molecule has 0 unspecified atom stereocenters. The van der Waals surface area contributed by atoms with Gasteiger partial charge in [-0.3, -0.25) is 14.8 Å². The molecule has 0 saturated carbocycles. The van der Waals surface area contributed by atoms with Crippen LogP contribution in [0.3, 0.4) is 0 Å². The Morgan fingerprint density at radius 1 is 1.32 bits per heavy atom. The Morgan fingerprint density at radius 2 is 2.00 bits per heavy atom. The predicted octanol–water partition coefficient (Wildman–Crippen LogP) is -0.349. The zero-order valence-corrected chi connectivity index (χ0v) is 11.8. The third kappa shape index (κ3) is 3.07. The minimum Gasteiger partial charge on any atom is -0.497 e. The number of H-pyrrole nitrogens is 1. The van der Waals surface area contributed by atoms with Gasteiger partial charge < -0.3 is 14.9 Å². The van der Waals surface area contributed by atoms with Crippen LogP contribution >= 0.6 is 0 Å². The van der Waals surface area contributed by atoms with Gasteiger partial charge in [0, 0.05) is 6.21 Å². The molecule has 0 fully saturated rings. The summed E-state index contributed by atoms with van der Waals surface area (Å²) in [6, 6.07) is 6.36. The van der Waals surface area contributed by atoms with E-state index < -0.39 is 17.1 Å². The molecule has 0 aliphatic carbocycles. The van der Waals surface area contributed by atoms with Crippen LogP contribution in [-0.4, -0.2) is 46.2 Å². The minimum atomic E-state index is -0.771. The predicted molar refractivity (Wildman–Crippen MR) is 80.4 cm³/mol. The number of hydrogen-bond donors (Lipinski definition) is 3. The minimum absolute atomic E-state index is 0.0839. The summed E-state index contributed by atoms with van der Waals surface area (Å²) in [4.78, 5) is 29.6. The van der Waals surface area contributed by atoms with Crippen molar-refractivity contribution in [2.45, 2.75) is 0 Å². The maximum Gasteiger partial charge on any atom is 0.335 e. The van der Waals surface area contributed by atoms with E-state index in [9.17, 15) is 14.7 Å². The highest BCUT2D eigenvalue weighted by Gasteiger charge is 2.14. The summed E-state index contributed by atoms with van der Waals surface area (Å²) in [6.45, 7) is -0.103. The second-order valence-electron chi connectivity index (χ2n) is 4.29. The van der Waals surface area contributed by atoms with E-state index in [4.69, 9.17) is 9.84 Å². The summed E-state index contributed by atoms with van der Waals surface area (Å²) in [6.07, 6.45) is 1.11. The standard InChI is InChI=1S/C14H15N3O5/c1-22-10-4-2-9(3-5-10)17-13(20)11(8-15-6-7-18)12(19)16-14(17)21/h2-5,8,18,20H,6-7H2,1H3,(H,16,19,21). The first kappa shape index (κ1) is 15.5. The Labute approximate surface area is 125 Å². The zero-order valence-electron chi connectivity index (χ0n) is 11.8. The second-order valence-corrected chi connectivity index (χ2v) is 4.29. The van der Waals surface area contributed by atoms with Crippen LogP contribution in [0.25, 0.3) is 5.69 Å². The number of ether oxygens (including phenoxy) is 1. The van der Waals surface area contributed by atoms with Crippen molar-refractivity contribution in [3.05, 3.63) is 50.7 Å². The second kappa shape index (κ2) is 6.72. The molecule has 1 aromatic carbocycles. The number of aromatic nitrogens is 2. The van der Waals surface area contributed by atoms with E-state index in [1.54, 1.807) is 24.3 Å². The molecular formula is C14H15N3O5. The van der Waals surface area contributed by atoms with Crippen LogP contribution in [-0.2, 0) is 0 Å². The van der Waals surface area contributed by atoms with E-state index in [2.05, 4.69) is 9.98 Å². The third-order valence-electron chi connectivity index (χ3n) is 2.90. The molecule has 1 aromatic heterocycles. The van der Waals surface area contributed by atoms with Crippen molar-refractivity contribution < 1.29 is 14.9 Å². The molecule has 2 aromatic rings. The molecule has 0 bridgehead atoms. The van der Waals surface area contributed by atoms with Crippen LogP contribution in [0.15, 0.2) is 38.8 Å².